The third-order valence-corrected chi connectivity index (χ3v) is 6.47. The molecule has 0 aliphatic rings. The number of anilines is 4. The van der Waals surface area contributed by atoms with Crippen LogP contribution in [0.3, 0.4) is 0 Å². The lowest BCUT2D eigenvalue weighted by Crippen LogP contribution is -2.23. The molecule has 0 atom stereocenters. The molecule has 0 fully saturated rings. The van der Waals surface area contributed by atoms with E-state index in [-0.39, 0.29) is 15.7 Å². The van der Waals surface area contributed by atoms with Crippen LogP contribution in [-0.4, -0.2) is 36.8 Å². The zero-order valence-corrected chi connectivity index (χ0v) is 18.1. The van der Waals surface area contributed by atoms with E-state index in [9.17, 15) is 8.42 Å². The second kappa shape index (κ2) is 8.96. The Kier molecular flexibility index (Phi) is 6.59. The molecule has 0 saturated heterocycles. The Bertz CT molecular complexity index is 1110. The van der Waals surface area contributed by atoms with Gasteiger partial charge in [0.25, 0.3) is 0 Å². The first-order valence-electron chi connectivity index (χ1n) is 8.54. The van der Waals surface area contributed by atoms with Gasteiger partial charge in [0.1, 0.15) is 9.92 Å². The van der Waals surface area contributed by atoms with E-state index < -0.39 is 10.0 Å². The number of nitrogens with one attached hydrogen (secondary N) is 2. The molecule has 0 bridgehead atoms. The van der Waals surface area contributed by atoms with Gasteiger partial charge in [-0.25, -0.2) is 17.7 Å². The van der Waals surface area contributed by atoms with Gasteiger partial charge in [-0.1, -0.05) is 35.9 Å². The van der Waals surface area contributed by atoms with Gasteiger partial charge in [-0.3, -0.25) is 0 Å². The van der Waals surface area contributed by atoms with E-state index in [2.05, 4.69) is 20.6 Å². The summed E-state index contributed by atoms with van der Waals surface area (Å²) in [6.07, 6.45) is 1.44. The topological polar surface area (TPSA) is 87.2 Å². The summed E-state index contributed by atoms with van der Waals surface area (Å²) in [4.78, 5) is 8.66. The Morgan fingerprint density at radius 2 is 1.72 bits per heavy atom. The van der Waals surface area contributed by atoms with Crippen LogP contribution in [0, 0.1) is 0 Å². The molecular weight excluding hydrogens is 433 g/mol. The maximum Gasteiger partial charge on any atom is 0.244 e. The largest absolute Gasteiger partial charge is 0.338 e. The van der Waals surface area contributed by atoms with Crippen LogP contribution in [0.1, 0.15) is 5.56 Å². The highest BCUT2D eigenvalue weighted by atomic mass is 35.5. The van der Waals surface area contributed by atoms with Crippen molar-refractivity contribution in [2.45, 2.75) is 10.8 Å². The Labute approximate surface area is 179 Å². The third-order valence-electron chi connectivity index (χ3n) is 4.01. The van der Waals surface area contributed by atoms with Crippen molar-refractivity contribution in [1.82, 2.24) is 14.3 Å². The number of hydrogen-bond acceptors (Lipinski definition) is 6. The molecule has 0 unspecified atom stereocenters. The minimum atomic E-state index is -3.65. The Morgan fingerprint density at radius 3 is 2.38 bits per heavy atom. The summed E-state index contributed by atoms with van der Waals surface area (Å²) in [6, 6.07) is 14.1. The van der Waals surface area contributed by atoms with Crippen LogP contribution in [0.5, 0.6) is 0 Å². The maximum absolute atomic E-state index is 12.6. The zero-order chi connectivity index (χ0) is 21.0. The Morgan fingerprint density at radius 1 is 1.03 bits per heavy atom. The van der Waals surface area contributed by atoms with Crippen molar-refractivity contribution in [3.63, 3.8) is 0 Å². The summed E-state index contributed by atoms with van der Waals surface area (Å²) in [5.74, 6) is 1.02. The van der Waals surface area contributed by atoms with Gasteiger partial charge in [-0.2, -0.15) is 4.98 Å². The highest BCUT2D eigenvalue weighted by Gasteiger charge is 2.21. The minimum absolute atomic E-state index is 0.117. The van der Waals surface area contributed by atoms with E-state index in [1.54, 1.807) is 18.2 Å². The molecule has 0 spiro atoms. The summed E-state index contributed by atoms with van der Waals surface area (Å²) in [5.41, 5.74) is 2.14. The molecule has 0 radical (unpaired) electrons. The number of halogens is 2. The fourth-order valence-electron chi connectivity index (χ4n) is 2.44. The van der Waals surface area contributed by atoms with Gasteiger partial charge >= 0.3 is 0 Å². The lowest BCUT2D eigenvalue weighted by molar-refractivity contribution is 0.521. The first kappa shape index (κ1) is 21.3. The molecule has 0 amide bonds. The van der Waals surface area contributed by atoms with Crippen LogP contribution < -0.4 is 10.6 Å². The van der Waals surface area contributed by atoms with E-state index in [1.165, 1.54) is 26.4 Å². The summed E-state index contributed by atoms with van der Waals surface area (Å²) in [5, 5.41) is 6.34. The number of benzene rings is 2. The Balaban J connectivity index is 1.90. The molecule has 0 saturated carbocycles. The molecule has 2 N–H and O–H groups in total. The van der Waals surface area contributed by atoms with Crippen LogP contribution in [0.2, 0.25) is 5.02 Å². The lowest BCUT2D eigenvalue weighted by atomic mass is 10.2. The van der Waals surface area contributed by atoms with Crippen molar-refractivity contribution < 1.29 is 8.42 Å². The molecule has 10 heteroatoms. The van der Waals surface area contributed by atoms with Crippen molar-refractivity contribution in [2.75, 3.05) is 24.7 Å². The molecule has 7 nitrogen and oxygen atoms in total. The molecular formula is C19H19Cl2N5O2S. The average molecular weight is 452 g/mol. The smallest absolute Gasteiger partial charge is 0.244 e. The quantitative estimate of drug-likeness (QED) is 0.510. The second-order valence-corrected chi connectivity index (χ2v) is 9.05. The Hall–Kier alpha value is -2.39. The molecule has 3 aromatic rings. The van der Waals surface area contributed by atoms with Gasteiger partial charge in [0.15, 0.2) is 5.82 Å². The van der Waals surface area contributed by atoms with E-state index in [0.29, 0.717) is 17.5 Å². The van der Waals surface area contributed by atoms with Gasteiger partial charge in [-0.15, -0.1) is 11.6 Å². The monoisotopic (exact) mass is 451 g/mol. The highest BCUT2D eigenvalue weighted by Crippen LogP contribution is 2.29. The maximum atomic E-state index is 12.6. The summed E-state index contributed by atoms with van der Waals surface area (Å²) in [7, 11) is -0.701. The van der Waals surface area contributed by atoms with Gasteiger partial charge in [0.2, 0.25) is 16.0 Å². The molecule has 152 valence electrons. The van der Waals surface area contributed by atoms with Crippen molar-refractivity contribution in [3.05, 3.63) is 65.3 Å². The SMILES string of the molecule is CN(C)S(=O)(=O)c1ccccc1Nc1nc(Nc2ccc(CCl)cc2)ncc1Cl. The minimum Gasteiger partial charge on any atom is -0.338 e. The summed E-state index contributed by atoms with van der Waals surface area (Å²) in [6.45, 7) is 0. The molecule has 3 rings (SSSR count). The van der Waals surface area contributed by atoms with E-state index >= 15 is 0 Å². The van der Waals surface area contributed by atoms with Crippen LogP contribution in [0.15, 0.2) is 59.6 Å². The van der Waals surface area contributed by atoms with E-state index in [4.69, 9.17) is 23.2 Å². The normalized spacial score (nSPS) is 11.5. The van der Waals surface area contributed by atoms with Crippen LogP contribution in [-0.2, 0) is 15.9 Å². The lowest BCUT2D eigenvalue weighted by Gasteiger charge is -2.16. The number of aromatic nitrogens is 2. The van der Waals surface area contributed by atoms with Crippen molar-refractivity contribution in [3.8, 4) is 0 Å². The number of para-hydroxylation sites is 1. The fourth-order valence-corrected chi connectivity index (χ4v) is 3.80. The number of alkyl halides is 1. The van der Waals surface area contributed by atoms with Crippen molar-refractivity contribution in [2.24, 2.45) is 0 Å². The van der Waals surface area contributed by atoms with E-state index in [0.717, 1.165) is 15.6 Å². The van der Waals surface area contributed by atoms with Gasteiger partial charge in [0, 0.05) is 25.7 Å². The van der Waals surface area contributed by atoms with Crippen LogP contribution in [0.25, 0.3) is 0 Å². The fraction of sp³-hybridized carbons (Fsp3) is 0.158. The summed E-state index contributed by atoms with van der Waals surface area (Å²) < 4.78 is 26.3. The van der Waals surface area contributed by atoms with Crippen molar-refractivity contribution >= 4 is 56.4 Å². The first-order chi connectivity index (χ1) is 13.8. The molecule has 0 aliphatic carbocycles. The number of rotatable bonds is 7. The predicted molar refractivity (Wildman–Crippen MR) is 117 cm³/mol. The molecule has 29 heavy (non-hydrogen) atoms. The third kappa shape index (κ3) is 4.97. The number of nitrogens with zero attached hydrogens (tertiary/aromatic N) is 3. The average Bonchev–Trinajstić information content (AvgIpc) is 2.71. The molecule has 1 heterocycles. The molecule has 0 aliphatic heterocycles. The number of hydrogen-bond donors (Lipinski definition) is 2. The van der Waals surface area contributed by atoms with Crippen LogP contribution >= 0.6 is 23.2 Å². The summed E-state index contributed by atoms with van der Waals surface area (Å²) >= 11 is 12.0. The first-order valence-corrected chi connectivity index (χ1v) is 10.9. The molecule has 1 aromatic heterocycles. The van der Waals surface area contributed by atoms with Gasteiger partial charge in [-0.05, 0) is 29.8 Å². The van der Waals surface area contributed by atoms with Crippen molar-refractivity contribution in [1.29, 1.82) is 0 Å². The van der Waals surface area contributed by atoms with E-state index in [1.807, 2.05) is 24.3 Å². The molecule has 2 aromatic carbocycles. The zero-order valence-electron chi connectivity index (χ0n) is 15.7. The second-order valence-electron chi connectivity index (χ2n) is 6.25. The number of sulfonamides is 1. The predicted octanol–water partition coefficient (Wildman–Crippen LogP) is 4.61. The van der Waals surface area contributed by atoms with Gasteiger partial charge in [0.05, 0.1) is 11.9 Å². The standard InChI is InChI=1S/C19H19Cl2N5O2S/c1-26(2)29(27,28)17-6-4-3-5-16(17)24-18-15(21)12-22-19(25-18)23-14-9-7-13(11-20)8-10-14/h3-10,12H,11H2,1-2H3,(H2,22,23,24,25). The highest BCUT2D eigenvalue weighted by molar-refractivity contribution is 7.89. The van der Waals surface area contributed by atoms with Gasteiger partial charge < -0.3 is 10.6 Å². The van der Waals surface area contributed by atoms with Crippen LogP contribution in [0.4, 0.5) is 23.1 Å².